The second kappa shape index (κ2) is 9.27. The van der Waals surface area contributed by atoms with Gasteiger partial charge in [0.25, 0.3) is 5.97 Å². The minimum absolute atomic E-state index is 0.0385. The number of ether oxygens (including phenoxy) is 2. The molecule has 1 unspecified atom stereocenters. The van der Waals surface area contributed by atoms with E-state index in [1.807, 2.05) is 0 Å². The number of allylic oxidation sites excluding steroid dienone is 2. The molecule has 0 radical (unpaired) electrons. The molecule has 3 aliphatic rings. The second-order valence-corrected chi connectivity index (χ2v) is 9.85. The zero-order chi connectivity index (χ0) is 21.1. The molecule has 1 N–H and O–H groups in total. The highest BCUT2D eigenvalue weighted by molar-refractivity contribution is 5.12. The van der Waals surface area contributed by atoms with Gasteiger partial charge in [0.05, 0.1) is 13.2 Å². The number of aliphatic hydroxyl groups is 1. The first-order valence-electron chi connectivity index (χ1n) is 11.4. The molecule has 29 heavy (non-hydrogen) atoms. The van der Waals surface area contributed by atoms with Crippen molar-refractivity contribution in [1.29, 1.82) is 0 Å². The average molecular weight is 419 g/mol. The van der Waals surface area contributed by atoms with E-state index in [-0.39, 0.29) is 23.3 Å². The van der Waals surface area contributed by atoms with Crippen LogP contribution in [0.4, 0.5) is 13.2 Å². The summed E-state index contributed by atoms with van der Waals surface area (Å²) in [4.78, 5) is 0. The van der Waals surface area contributed by atoms with Crippen LogP contribution < -0.4 is 0 Å². The van der Waals surface area contributed by atoms with Gasteiger partial charge < -0.3 is 14.6 Å². The highest BCUT2D eigenvalue weighted by Gasteiger charge is 2.48. The first kappa shape index (κ1) is 23.1. The lowest BCUT2D eigenvalue weighted by molar-refractivity contribution is -0.427. The van der Waals surface area contributed by atoms with Gasteiger partial charge in [0.2, 0.25) is 0 Å². The van der Waals surface area contributed by atoms with Gasteiger partial charge in [0.1, 0.15) is 0 Å². The number of hydrogen-bond donors (Lipinski definition) is 1. The van der Waals surface area contributed by atoms with Gasteiger partial charge in [-0.3, -0.25) is 0 Å². The van der Waals surface area contributed by atoms with Crippen LogP contribution in [0.3, 0.4) is 0 Å². The summed E-state index contributed by atoms with van der Waals surface area (Å²) in [6.07, 6.45) is 6.54. The zero-order valence-electron chi connectivity index (χ0n) is 17.9. The Morgan fingerprint density at radius 1 is 1.03 bits per heavy atom. The molecule has 3 nitrogen and oxygen atoms in total. The van der Waals surface area contributed by atoms with Crippen molar-refractivity contribution in [1.82, 2.24) is 0 Å². The van der Waals surface area contributed by atoms with Crippen LogP contribution in [0.15, 0.2) is 11.6 Å². The molecule has 0 amide bonds. The van der Waals surface area contributed by atoms with Gasteiger partial charge in [-0.15, -0.1) is 0 Å². The standard InChI is InChI=1S/C23H37F3O3/c1-3-4-5-14-21(2)15-28-23(27,29-16-21)20-12-8-18(9-13-20)17-6-10-19(11-7-17)22(24,25)26/h10,17-18,20,27H,3-9,11-16H2,1-2H3. The van der Waals surface area contributed by atoms with Crippen LogP contribution in [-0.2, 0) is 9.47 Å². The Bertz CT molecular complexity index is 556. The van der Waals surface area contributed by atoms with Gasteiger partial charge in [0, 0.05) is 16.9 Å². The molecule has 0 aromatic rings. The van der Waals surface area contributed by atoms with E-state index in [4.69, 9.17) is 9.47 Å². The van der Waals surface area contributed by atoms with E-state index < -0.39 is 12.1 Å². The average Bonchev–Trinajstić information content (AvgIpc) is 2.70. The van der Waals surface area contributed by atoms with E-state index in [0.717, 1.165) is 38.5 Å². The Labute approximate surface area is 173 Å². The Morgan fingerprint density at radius 3 is 2.21 bits per heavy atom. The first-order valence-corrected chi connectivity index (χ1v) is 11.4. The second-order valence-electron chi connectivity index (χ2n) is 9.85. The lowest BCUT2D eigenvalue weighted by Gasteiger charge is -2.47. The van der Waals surface area contributed by atoms with Gasteiger partial charge in [0.15, 0.2) is 0 Å². The van der Waals surface area contributed by atoms with Gasteiger partial charge in [-0.05, 0) is 63.2 Å². The summed E-state index contributed by atoms with van der Waals surface area (Å²) in [5.74, 6) is -0.787. The molecule has 0 aromatic heterocycles. The van der Waals surface area contributed by atoms with E-state index in [9.17, 15) is 18.3 Å². The predicted octanol–water partition coefficient (Wildman–Crippen LogP) is 6.36. The molecular formula is C23H37F3O3. The van der Waals surface area contributed by atoms with Crippen LogP contribution in [-0.4, -0.2) is 30.5 Å². The highest BCUT2D eigenvalue weighted by atomic mass is 19.4. The van der Waals surface area contributed by atoms with Crippen molar-refractivity contribution in [2.24, 2.45) is 23.2 Å². The van der Waals surface area contributed by atoms with Crippen LogP contribution >= 0.6 is 0 Å². The fourth-order valence-corrected chi connectivity index (χ4v) is 5.32. The summed E-state index contributed by atoms with van der Waals surface area (Å²) in [5, 5.41) is 10.9. The van der Waals surface area contributed by atoms with E-state index in [2.05, 4.69) is 13.8 Å². The van der Waals surface area contributed by atoms with Crippen LogP contribution in [0, 0.1) is 23.2 Å². The Kier molecular flexibility index (Phi) is 7.38. The SMILES string of the molecule is CCCCCC1(C)COC(O)(C2CCC(C3CC=C(C(F)(F)F)CC3)CC2)OC1. The Morgan fingerprint density at radius 2 is 1.69 bits per heavy atom. The number of hydrogen-bond acceptors (Lipinski definition) is 3. The van der Waals surface area contributed by atoms with Crippen LogP contribution in [0.1, 0.15) is 84.5 Å². The molecule has 6 heteroatoms. The molecule has 1 aliphatic heterocycles. The van der Waals surface area contributed by atoms with E-state index in [1.165, 1.54) is 18.9 Å². The third kappa shape index (κ3) is 5.76. The fourth-order valence-electron chi connectivity index (χ4n) is 5.32. The summed E-state index contributed by atoms with van der Waals surface area (Å²) < 4.78 is 50.2. The quantitative estimate of drug-likeness (QED) is 0.403. The molecule has 2 fully saturated rings. The molecule has 1 atom stereocenters. The molecule has 1 saturated carbocycles. The Balaban J connectivity index is 1.46. The van der Waals surface area contributed by atoms with Crippen molar-refractivity contribution in [2.45, 2.75) is 96.6 Å². The van der Waals surface area contributed by atoms with Crippen molar-refractivity contribution in [3.8, 4) is 0 Å². The van der Waals surface area contributed by atoms with Crippen molar-refractivity contribution >= 4 is 0 Å². The van der Waals surface area contributed by atoms with Gasteiger partial charge in [-0.1, -0.05) is 39.2 Å². The van der Waals surface area contributed by atoms with Crippen molar-refractivity contribution in [3.05, 3.63) is 11.6 Å². The van der Waals surface area contributed by atoms with E-state index in [0.29, 0.717) is 37.9 Å². The largest absolute Gasteiger partial charge is 0.412 e. The summed E-state index contributed by atoms with van der Waals surface area (Å²) >= 11 is 0. The number of rotatable bonds is 6. The summed E-state index contributed by atoms with van der Waals surface area (Å²) in [7, 11) is 0. The zero-order valence-corrected chi connectivity index (χ0v) is 17.9. The topological polar surface area (TPSA) is 38.7 Å². The number of unbranched alkanes of at least 4 members (excludes halogenated alkanes) is 2. The summed E-state index contributed by atoms with van der Waals surface area (Å²) in [6.45, 7) is 5.37. The van der Waals surface area contributed by atoms with Gasteiger partial charge >= 0.3 is 6.18 Å². The van der Waals surface area contributed by atoms with E-state index in [1.54, 1.807) is 0 Å². The van der Waals surface area contributed by atoms with E-state index >= 15 is 0 Å². The lowest BCUT2D eigenvalue weighted by atomic mass is 9.70. The maximum atomic E-state index is 12.8. The number of alkyl halides is 3. The monoisotopic (exact) mass is 418 g/mol. The minimum Gasteiger partial charge on any atom is -0.343 e. The molecule has 2 aliphatic carbocycles. The molecule has 168 valence electrons. The maximum Gasteiger partial charge on any atom is 0.412 e. The first-order chi connectivity index (χ1) is 13.7. The highest BCUT2D eigenvalue weighted by Crippen LogP contribution is 2.46. The summed E-state index contributed by atoms with van der Waals surface area (Å²) in [6, 6.07) is 0. The normalized spacial score (nSPS) is 39.2. The van der Waals surface area contributed by atoms with Crippen LogP contribution in [0.5, 0.6) is 0 Å². The molecule has 1 heterocycles. The molecule has 0 spiro atoms. The fraction of sp³-hybridized carbons (Fsp3) is 0.913. The molecule has 3 rings (SSSR count). The molecule has 1 saturated heterocycles. The third-order valence-corrected chi connectivity index (χ3v) is 7.41. The Hall–Kier alpha value is -0.590. The summed E-state index contributed by atoms with van der Waals surface area (Å²) in [5.41, 5.74) is -0.397. The van der Waals surface area contributed by atoms with Crippen molar-refractivity contribution < 1.29 is 27.8 Å². The molecule has 0 aromatic carbocycles. The van der Waals surface area contributed by atoms with Crippen molar-refractivity contribution in [2.75, 3.05) is 13.2 Å². The minimum atomic E-state index is -4.17. The molecule has 0 bridgehead atoms. The lowest BCUT2D eigenvalue weighted by Crippen LogP contribution is -2.53. The maximum absolute atomic E-state index is 12.8. The predicted molar refractivity (Wildman–Crippen MR) is 106 cm³/mol. The third-order valence-electron chi connectivity index (χ3n) is 7.41. The van der Waals surface area contributed by atoms with Crippen LogP contribution in [0.25, 0.3) is 0 Å². The van der Waals surface area contributed by atoms with Crippen molar-refractivity contribution in [3.63, 3.8) is 0 Å². The molecular weight excluding hydrogens is 381 g/mol. The van der Waals surface area contributed by atoms with Crippen LogP contribution in [0.2, 0.25) is 0 Å². The van der Waals surface area contributed by atoms with Gasteiger partial charge in [-0.2, -0.15) is 13.2 Å². The number of halogens is 3. The smallest absolute Gasteiger partial charge is 0.343 e. The van der Waals surface area contributed by atoms with Gasteiger partial charge in [-0.25, -0.2) is 0 Å².